The fraction of sp³-hybridized carbons (Fsp3) is 0.738. The highest BCUT2D eigenvalue weighted by molar-refractivity contribution is 6.75. The van der Waals surface area contributed by atoms with Crippen LogP contribution in [0.25, 0.3) is 11.1 Å². The van der Waals surface area contributed by atoms with Crippen molar-refractivity contribution in [2.75, 3.05) is 31.6 Å². The first-order valence-electron chi connectivity index (χ1n) is 20.3. The summed E-state index contributed by atoms with van der Waals surface area (Å²) in [6, 6.07) is 9.23. The number of hydrogen-bond donors (Lipinski definition) is 1. The van der Waals surface area contributed by atoms with Crippen LogP contribution in [-0.2, 0) is 13.3 Å². The summed E-state index contributed by atoms with van der Waals surface area (Å²) < 4.78 is 22.0. The monoisotopic (exact) mass is 801 g/mol. The van der Waals surface area contributed by atoms with Gasteiger partial charge in [-0.05, 0) is 109 Å². The summed E-state index contributed by atoms with van der Waals surface area (Å²) >= 11 is 0. The fourth-order valence-electron chi connectivity index (χ4n) is 6.26. The minimum Gasteiger partial charge on any atom is -0.415 e. The van der Waals surface area contributed by atoms with Crippen LogP contribution in [0, 0.1) is 16.0 Å². The van der Waals surface area contributed by atoms with Gasteiger partial charge in [0.2, 0.25) is 0 Å². The Labute approximate surface area is 332 Å². The van der Waals surface area contributed by atoms with Crippen LogP contribution < -0.4 is 5.32 Å². The van der Waals surface area contributed by atoms with E-state index in [1.54, 1.807) is 18.5 Å². The number of nitro groups is 1. The van der Waals surface area contributed by atoms with E-state index in [-0.39, 0.29) is 44.0 Å². The number of nitrogens with zero attached hydrogens (tertiary/aromatic N) is 3. The van der Waals surface area contributed by atoms with Gasteiger partial charge >= 0.3 is 0 Å². The summed E-state index contributed by atoms with van der Waals surface area (Å²) in [7, 11) is -6.29. The van der Waals surface area contributed by atoms with E-state index in [9.17, 15) is 10.1 Å². The molecule has 2 heterocycles. The highest BCUT2D eigenvalue weighted by Gasteiger charge is 2.52. The molecule has 1 N–H and O–H groups in total. The summed E-state index contributed by atoms with van der Waals surface area (Å²) in [5.74, 6) is 0.322. The van der Waals surface area contributed by atoms with E-state index in [0.717, 1.165) is 49.9 Å². The lowest BCUT2D eigenvalue weighted by atomic mass is 9.88. The van der Waals surface area contributed by atoms with Crippen molar-refractivity contribution >= 4 is 36.3 Å². The van der Waals surface area contributed by atoms with E-state index < -0.39 is 25.0 Å². The summed E-state index contributed by atoms with van der Waals surface area (Å²) in [5, 5.41) is 15.6. The average molecular weight is 801 g/mol. The smallest absolute Gasteiger partial charge is 0.292 e. The van der Waals surface area contributed by atoms with Gasteiger partial charge in [0.05, 0.1) is 29.8 Å². The van der Waals surface area contributed by atoms with Gasteiger partial charge in [0, 0.05) is 31.5 Å². The number of benzene rings is 1. The van der Waals surface area contributed by atoms with Crippen LogP contribution in [0.3, 0.4) is 0 Å². The molecule has 0 unspecified atom stereocenters. The topological polar surface area (TPSA) is 99.0 Å². The molecule has 3 rings (SSSR count). The first kappa shape index (κ1) is 46.4. The van der Waals surface area contributed by atoms with Crippen molar-refractivity contribution in [2.45, 2.75) is 168 Å². The van der Waals surface area contributed by atoms with Gasteiger partial charge in [-0.3, -0.25) is 20.0 Å². The number of nitrogens with one attached hydrogen (secondary N) is 1. The van der Waals surface area contributed by atoms with Gasteiger partial charge in [-0.15, -0.1) is 0 Å². The molecular formula is C42H76N4O5Si3. The maximum absolute atomic E-state index is 11.9. The van der Waals surface area contributed by atoms with Crippen molar-refractivity contribution in [3.05, 3.63) is 52.8 Å². The fourth-order valence-corrected chi connectivity index (χ4v) is 10.0. The number of nitro benzene ring substituents is 1. The number of pyridine rings is 1. The van der Waals surface area contributed by atoms with Crippen LogP contribution in [0.4, 0.5) is 11.4 Å². The maximum atomic E-state index is 11.9. The first-order chi connectivity index (χ1) is 24.7. The molecule has 1 aliphatic rings. The summed E-state index contributed by atoms with van der Waals surface area (Å²) in [6.45, 7) is 40.8. The van der Waals surface area contributed by atoms with Crippen molar-refractivity contribution in [1.29, 1.82) is 0 Å². The maximum Gasteiger partial charge on any atom is 0.292 e. The Hall–Kier alpha value is -1.94. The van der Waals surface area contributed by atoms with Crippen LogP contribution in [0.1, 0.15) is 94.9 Å². The quantitative estimate of drug-likeness (QED) is 0.0731. The Bertz CT molecular complexity index is 1500. The number of unbranched alkanes of at least 4 members (excludes halogenated alkanes) is 3. The molecule has 9 nitrogen and oxygen atoms in total. The van der Waals surface area contributed by atoms with Gasteiger partial charge in [0.25, 0.3) is 5.69 Å². The van der Waals surface area contributed by atoms with Crippen molar-refractivity contribution < 1.29 is 18.2 Å². The molecule has 1 aliphatic heterocycles. The van der Waals surface area contributed by atoms with Crippen molar-refractivity contribution in [3.63, 3.8) is 0 Å². The molecule has 1 aromatic carbocycles. The van der Waals surface area contributed by atoms with Gasteiger partial charge in [0.15, 0.2) is 25.0 Å². The van der Waals surface area contributed by atoms with Crippen LogP contribution in [0.15, 0.2) is 42.7 Å². The number of rotatable bonds is 17. The van der Waals surface area contributed by atoms with E-state index in [2.05, 4.69) is 124 Å². The number of aromatic nitrogens is 1. The Balaban J connectivity index is 1.76. The molecule has 1 fully saturated rings. The Morgan fingerprint density at radius 1 is 0.778 bits per heavy atom. The van der Waals surface area contributed by atoms with Crippen molar-refractivity contribution in [3.8, 4) is 11.1 Å². The minimum atomic E-state index is -2.17. The second-order valence-electron chi connectivity index (χ2n) is 20.4. The normalized spacial score (nSPS) is 21.0. The molecule has 0 radical (unpaired) electrons. The SMILES string of the molecule is C[C@H]1CN(CCCCCCNc2ccc(-c3ccncc3)cc2[N+](=O)[O-])[C@H](CO[Si](C)(C)C(C)(C)C)[C@@H](O[Si](C)(C)C(C)(C)C)[C@@H]1O[Si](C)(C)C(C)(C)C. The molecule has 0 spiro atoms. The molecule has 2 aromatic rings. The lowest BCUT2D eigenvalue weighted by Crippen LogP contribution is -2.66. The number of piperidine rings is 1. The standard InChI is InChI=1S/C42H76N4O5Si3/c1-32-30-45(28-20-18-17-19-25-44-35-22-21-34(29-36(35)46(47)48)33-23-26-43-27-24-33)37(31-49-52(11,12)40(2,3)4)39(51-54(15,16)42(8,9)10)38(32)50-53(13,14)41(5,6)7/h21-24,26-27,29,32,37-39,44H,17-20,25,28,30-31H2,1-16H3/t32-,37+,38+,39+/m0/s1. The molecule has 1 saturated heterocycles. The zero-order chi connectivity index (χ0) is 40.9. The molecule has 0 bridgehead atoms. The molecule has 1 aromatic heterocycles. The minimum absolute atomic E-state index is 0.0122. The molecular weight excluding hydrogens is 725 g/mol. The summed E-state index contributed by atoms with van der Waals surface area (Å²) in [4.78, 5) is 18.4. The summed E-state index contributed by atoms with van der Waals surface area (Å²) in [5.41, 5.74) is 2.38. The van der Waals surface area contributed by atoms with Crippen molar-refractivity contribution in [2.24, 2.45) is 5.92 Å². The first-order valence-corrected chi connectivity index (χ1v) is 29.1. The largest absolute Gasteiger partial charge is 0.415 e. The predicted octanol–water partition coefficient (Wildman–Crippen LogP) is 11.8. The Morgan fingerprint density at radius 3 is 1.85 bits per heavy atom. The van der Waals surface area contributed by atoms with Crippen LogP contribution in [0.5, 0.6) is 0 Å². The summed E-state index contributed by atoms with van der Waals surface area (Å²) in [6.07, 6.45) is 7.49. The average Bonchev–Trinajstić information content (AvgIpc) is 3.04. The third-order valence-electron chi connectivity index (χ3n) is 13.0. The van der Waals surface area contributed by atoms with E-state index in [0.29, 0.717) is 24.8 Å². The zero-order valence-corrected chi connectivity index (χ0v) is 39.9. The lowest BCUT2D eigenvalue weighted by Gasteiger charge is -2.54. The lowest BCUT2D eigenvalue weighted by molar-refractivity contribution is -0.383. The predicted molar refractivity (Wildman–Crippen MR) is 235 cm³/mol. The Kier molecular flexibility index (Phi) is 15.6. The molecule has 0 amide bonds. The molecule has 54 heavy (non-hydrogen) atoms. The van der Waals surface area contributed by atoms with Gasteiger partial charge in [-0.2, -0.15) is 0 Å². The van der Waals surface area contributed by atoms with Gasteiger partial charge in [0.1, 0.15) is 5.69 Å². The highest BCUT2D eigenvalue weighted by atomic mass is 28.4. The number of hydrogen-bond acceptors (Lipinski definition) is 8. The molecule has 0 aliphatic carbocycles. The van der Waals surface area contributed by atoms with Crippen LogP contribution in [0.2, 0.25) is 54.4 Å². The molecule has 306 valence electrons. The molecule has 0 saturated carbocycles. The third kappa shape index (κ3) is 12.0. The van der Waals surface area contributed by atoms with E-state index >= 15 is 0 Å². The zero-order valence-electron chi connectivity index (χ0n) is 36.9. The highest BCUT2D eigenvalue weighted by Crippen LogP contribution is 2.44. The second-order valence-corrected chi connectivity index (χ2v) is 34.7. The number of anilines is 1. The van der Waals surface area contributed by atoms with Gasteiger partial charge in [-0.25, -0.2) is 0 Å². The number of likely N-dealkylation sites (tertiary alicyclic amines) is 1. The molecule has 4 atom stereocenters. The van der Waals surface area contributed by atoms with Crippen LogP contribution in [-0.4, -0.2) is 84.3 Å². The van der Waals surface area contributed by atoms with Gasteiger partial charge in [-0.1, -0.05) is 88.1 Å². The van der Waals surface area contributed by atoms with Gasteiger partial charge < -0.3 is 18.6 Å². The Morgan fingerprint density at radius 2 is 1.31 bits per heavy atom. The molecule has 12 heteroatoms. The van der Waals surface area contributed by atoms with E-state index in [1.807, 2.05) is 24.3 Å². The van der Waals surface area contributed by atoms with E-state index in [1.165, 1.54) is 0 Å². The third-order valence-corrected chi connectivity index (χ3v) is 26.5. The second kappa shape index (κ2) is 18.1. The van der Waals surface area contributed by atoms with E-state index in [4.69, 9.17) is 13.3 Å². The van der Waals surface area contributed by atoms with Crippen LogP contribution >= 0.6 is 0 Å². The van der Waals surface area contributed by atoms with Crippen molar-refractivity contribution in [1.82, 2.24) is 9.88 Å².